The van der Waals surface area contributed by atoms with E-state index in [9.17, 15) is 4.79 Å². The second-order valence-electron chi connectivity index (χ2n) is 6.23. The second-order valence-corrected chi connectivity index (χ2v) is 6.62. The molecule has 0 radical (unpaired) electrons. The van der Waals surface area contributed by atoms with Gasteiger partial charge in [0.05, 0.1) is 30.2 Å². The van der Waals surface area contributed by atoms with E-state index in [2.05, 4.69) is 25.1 Å². The third-order valence-electron chi connectivity index (χ3n) is 4.44. The molecule has 0 bridgehead atoms. The third kappa shape index (κ3) is 3.15. The van der Waals surface area contributed by atoms with Gasteiger partial charge >= 0.3 is 5.69 Å². The zero-order valence-electron chi connectivity index (χ0n) is 15.2. The van der Waals surface area contributed by atoms with Crippen molar-refractivity contribution in [2.45, 2.75) is 13.0 Å². The summed E-state index contributed by atoms with van der Waals surface area (Å²) in [5.41, 5.74) is 7.25. The van der Waals surface area contributed by atoms with E-state index in [0.29, 0.717) is 17.0 Å². The summed E-state index contributed by atoms with van der Waals surface area (Å²) >= 11 is 6.16. The average Bonchev–Trinajstić information content (AvgIpc) is 3.10. The molecule has 0 spiro atoms. The molecule has 1 atom stereocenters. The predicted octanol–water partition coefficient (Wildman–Crippen LogP) is 3.23. The number of rotatable bonds is 4. The van der Waals surface area contributed by atoms with E-state index < -0.39 is 6.04 Å². The molecule has 4 rings (SSSR count). The van der Waals surface area contributed by atoms with Gasteiger partial charge in [-0.3, -0.25) is 4.57 Å². The number of nitrogen functional groups attached to an aromatic ring is 1. The van der Waals surface area contributed by atoms with Crippen molar-refractivity contribution in [1.29, 1.82) is 0 Å². The fourth-order valence-electron chi connectivity index (χ4n) is 3.09. The molecule has 0 aliphatic rings. The highest BCUT2D eigenvalue weighted by Gasteiger charge is 2.20. The minimum absolute atomic E-state index is 0.0839. The van der Waals surface area contributed by atoms with Crippen LogP contribution in [0.1, 0.15) is 18.7 Å². The first-order valence-electron chi connectivity index (χ1n) is 8.60. The van der Waals surface area contributed by atoms with Crippen LogP contribution in [0.25, 0.3) is 16.2 Å². The van der Waals surface area contributed by atoms with Crippen LogP contribution in [0.4, 0.5) is 17.3 Å². The van der Waals surface area contributed by atoms with Gasteiger partial charge in [-0.05, 0) is 19.1 Å². The zero-order valence-corrected chi connectivity index (χ0v) is 16.0. The Hall–Kier alpha value is -3.90. The molecule has 10 heteroatoms. The Morgan fingerprint density at radius 2 is 2.00 bits per heavy atom. The summed E-state index contributed by atoms with van der Waals surface area (Å²) < 4.78 is 2.87. The summed E-state index contributed by atoms with van der Waals surface area (Å²) in [5.74, 6) is 0.369. The number of halogens is 1. The van der Waals surface area contributed by atoms with Crippen LogP contribution in [0, 0.1) is 6.57 Å². The van der Waals surface area contributed by atoms with Crippen molar-refractivity contribution in [2.24, 2.45) is 0 Å². The lowest BCUT2D eigenvalue weighted by Gasteiger charge is -2.21. The highest BCUT2D eigenvalue weighted by Crippen LogP contribution is 2.30. The normalized spacial score (nSPS) is 11.9. The third-order valence-corrected chi connectivity index (χ3v) is 4.70. The van der Waals surface area contributed by atoms with Crippen LogP contribution >= 0.6 is 11.6 Å². The Labute approximate surface area is 170 Å². The van der Waals surface area contributed by atoms with Gasteiger partial charge in [0.2, 0.25) is 0 Å². The standard InChI is InChI=1S/C19H15ClN8O/c1-11(26-18-16(22-2)17(21)24-10-25-18)13-8-15-23-9-14(20)28(15)19(29)27(13)12-6-4-3-5-7-12/h3-11H,1H3,(H3,21,24,25,26). The van der Waals surface area contributed by atoms with Gasteiger partial charge in [-0.15, -0.1) is 0 Å². The van der Waals surface area contributed by atoms with E-state index in [0.717, 1.165) is 0 Å². The number of hydrogen-bond donors (Lipinski definition) is 2. The molecular formula is C19H15ClN8O. The Balaban J connectivity index is 1.90. The SMILES string of the molecule is [C-]#[N+]c1c(N)ncnc1NC(C)c1cc2ncc(Cl)n2c(=O)n1-c1ccccc1. The summed E-state index contributed by atoms with van der Waals surface area (Å²) in [6.07, 6.45) is 2.71. The van der Waals surface area contributed by atoms with Crippen molar-refractivity contribution < 1.29 is 0 Å². The van der Waals surface area contributed by atoms with Crippen LogP contribution in [0.5, 0.6) is 0 Å². The molecule has 1 aromatic carbocycles. The second kappa shape index (κ2) is 7.26. The lowest BCUT2D eigenvalue weighted by molar-refractivity contribution is 0.739. The first kappa shape index (κ1) is 18.5. The fraction of sp³-hybridized carbons (Fsp3) is 0.105. The number of benzene rings is 1. The van der Waals surface area contributed by atoms with Crippen molar-refractivity contribution >= 4 is 34.6 Å². The number of nitrogens with two attached hydrogens (primary N) is 1. The minimum atomic E-state index is -0.418. The van der Waals surface area contributed by atoms with Crippen molar-refractivity contribution in [2.75, 3.05) is 11.1 Å². The van der Waals surface area contributed by atoms with Gasteiger partial charge in [0.15, 0.2) is 0 Å². The largest absolute Gasteiger partial charge is 0.392 e. The number of anilines is 2. The van der Waals surface area contributed by atoms with E-state index in [1.165, 1.54) is 16.9 Å². The van der Waals surface area contributed by atoms with E-state index in [1.807, 2.05) is 37.3 Å². The van der Waals surface area contributed by atoms with Crippen molar-refractivity contribution in [3.8, 4) is 5.69 Å². The van der Waals surface area contributed by atoms with Gasteiger partial charge < -0.3 is 11.1 Å². The average molecular weight is 407 g/mol. The van der Waals surface area contributed by atoms with Gasteiger partial charge in [-0.2, -0.15) is 0 Å². The predicted molar refractivity (Wildman–Crippen MR) is 111 cm³/mol. The number of imidazole rings is 1. The van der Waals surface area contributed by atoms with Crippen LogP contribution in [0.2, 0.25) is 5.15 Å². The maximum Gasteiger partial charge on any atom is 0.339 e. The fourth-order valence-corrected chi connectivity index (χ4v) is 3.29. The number of nitrogens with one attached hydrogen (secondary N) is 1. The molecular weight excluding hydrogens is 392 g/mol. The van der Waals surface area contributed by atoms with Crippen LogP contribution in [-0.2, 0) is 0 Å². The molecule has 9 nitrogen and oxygen atoms in total. The van der Waals surface area contributed by atoms with Crippen molar-refractivity contribution in [3.05, 3.63) is 81.7 Å². The quantitative estimate of drug-likeness (QED) is 0.504. The van der Waals surface area contributed by atoms with Crippen molar-refractivity contribution in [1.82, 2.24) is 23.9 Å². The van der Waals surface area contributed by atoms with E-state index in [1.54, 1.807) is 10.6 Å². The Morgan fingerprint density at radius 3 is 2.72 bits per heavy atom. The Bertz CT molecular complexity index is 1310. The molecule has 144 valence electrons. The van der Waals surface area contributed by atoms with Gasteiger partial charge in [-0.25, -0.2) is 29.0 Å². The monoisotopic (exact) mass is 406 g/mol. The van der Waals surface area contributed by atoms with Gasteiger partial charge in [-0.1, -0.05) is 29.8 Å². The van der Waals surface area contributed by atoms with Gasteiger partial charge in [0.1, 0.15) is 28.8 Å². The van der Waals surface area contributed by atoms with Gasteiger partial charge in [0, 0.05) is 6.07 Å². The van der Waals surface area contributed by atoms with Crippen LogP contribution in [0.15, 0.2) is 53.7 Å². The molecule has 3 aromatic heterocycles. The summed E-state index contributed by atoms with van der Waals surface area (Å²) in [4.78, 5) is 28.8. The summed E-state index contributed by atoms with van der Waals surface area (Å²) in [5, 5.41) is 3.38. The molecule has 0 aliphatic carbocycles. The smallest absolute Gasteiger partial charge is 0.339 e. The maximum absolute atomic E-state index is 13.2. The lowest BCUT2D eigenvalue weighted by atomic mass is 10.2. The minimum Gasteiger partial charge on any atom is -0.392 e. The number of fused-ring (bicyclic) bond motifs is 1. The zero-order chi connectivity index (χ0) is 20.5. The van der Waals surface area contributed by atoms with Crippen LogP contribution in [-0.4, -0.2) is 23.9 Å². The van der Waals surface area contributed by atoms with E-state index >= 15 is 0 Å². The highest BCUT2D eigenvalue weighted by atomic mass is 35.5. The topological polar surface area (TPSA) is 107 Å². The first-order valence-corrected chi connectivity index (χ1v) is 8.98. The van der Waals surface area contributed by atoms with Gasteiger partial charge in [0.25, 0.3) is 5.69 Å². The highest BCUT2D eigenvalue weighted by molar-refractivity contribution is 6.29. The molecule has 0 aliphatic heterocycles. The molecule has 0 fully saturated rings. The van der Waals surface area contributed by atoms with Crippen molar-refractivity contribution in [3.63, 3.8) is 0 Å². The summed E-state index contributed by atoms with van der Waals surface area (Å²) in [6, 6.07) is 10.5. The van der Waals surface area contributed by atoms with E-state index in [4.69, 9.17) is 23.9 Å². The number of hydrogen-bond acceptors (Lipinski definition) is 6. The van der Waals surface area contributed by atoms with Crippen LogP contribution in [0.3, 0.4) is 0 Å². The molecule has 0 amide bonds. The Morgan fingerprint density at radius 1 is 1.24 bits per heavy atom. The molecule has 29 heavy (non-hydrogen) atoms. The molecule has 0 saturated carbocycles. The molecule has 4 aromatic rings. The number of para-hydroxylation sites is 1. The Kier molecular flexibility index (Phi) is 4.62. The number of aromatic nitrogens is 5. The molecule has 3 heterocycles. The summed E-state index contributed by atoms with van der Waals surface area (Å²) in [7, 11) is 0. The molecule has 0 saturated heterocycles. The van der Waals surface area contributed by atoms with E-state index in [-0.39, 0.29) is 28.2 Å². The lowest BCUT2D eigenvalue weighted by Crippen LogP contribution is -2.30. The first-order chi connectivity index (χ1) is 14.0. The number of nitrogens with zero attached hydrogens (tertiary/aromatic N) is 6. The molecule has 3 N–H and O–H groups in total. The molecule has 1 unspecified atom stereocenters. The summed E-state index contributed by atoms with van der Waals surface area (Å²) in [6.45, 7) is 9.19. The van der Waals surface area contributed by atoms with Crippen LogP contribution < -0.4 is 16.7 Å². The maximum atomic E-state index is 13.2.